The van der Waals surface area contributed by atoms with E-state index >= 15 is 0 Å². The van der Waals surface area contributed by atoms with Gasteiger partial charge in [0.25, 0.3) is 0 Å². The van der Waals surface area contributed by atoms with Crippen molar-refractivity contribution in [2.24, 2.45) is 0 Å². The highest BCUT2D eigenvalue weighted by molar-refractivity contribution is 5.78. The molecule has 100 valence electrons. The Kier molecular flexibility index (Phi) is 6.26. The van der Waals surface area contributed by atoms with Crippen LogP contribution in [-0.2, 0) is 16.0 Å². The Morgan fingerprint density at radius 1 is 1.28 bits per heavy atom. The molecule has 0 spiro atoms. The Labute approximate surface area is 110 Å². The minimum absolute atomic E-state index is 0.248. The summed E-state index contributed by atoms with van der Waals surface area (Å²) in [5.74, 6) is -0.248. The molecule has 3 nitrogen and oxygen atoms in total. The lowest BCUT2D eigenvalue weighted by Gasteiger charge is -2.13. The van der Waals surface area contributed by atoms with Gasteiger partial charge in [-0.2, -0.15) is 0 Å². The van der Waals surface area contributed by atoms with Gasteiger partial charge in [0, 0.05) is 5.69 Å². The van der Waals surface area contributed by atoms with E-state index < -0.39 is 0 Å². The van der Waals surface area contributed by atoms with E-state index in [2.05, 4.69) is 29.1 Å². The van der Waals surface area contributed by atoms with Crippen LogP contribution in [0.1, 0.15) is 38.7 Å². The molecule has 1 aromatic carbocycles. The van der Waals surface area contributed by atoms with E-state index in [9.17, 15) is 4.79 Å². The van der Waals surface area contributed by atoms with Crippen LogP contribution in [0.4, 0.5) is 5.69 Å². The molecule has 0 heterocycles. The van der Waals surface area contributed by atoms with Crippen molar-refractivity contribution in [2.75, 3.05) is 12.4 Å². The second-order valence-corrected chi connectivity index (χ2v) is 4.54. The van der Waals surface area contributed by atoms with Gasteiger partial charge in [0.2, 0.25) is 0 Å². The smallest absolute Gasteiger partial charge is 0.327 e. The quantitative estimate of drug-likeness (QED) is 0.594. The molecule has 0 saturated heterocycles. The monoisotopic (exact) mass is 249 g/mol. The molecule has 0 saturated carbocycles. The summed E-state index contributed by atoms with van der Waals surface area (Å²) in [6.07, 6.45) is 4.89. The van der Waals surface area contributed by atoms with E-state index in [0.29, 0.717) is 0 Å². The number of unbranched alkanes of at least 4 members (excludes halogenated alkanes) is 2. The molecule has 1 N–H and O–H groups in total. The van der Waals surface area contributed by atoms with Crippen LogP contribution in [0.25, 0.3) is 0 Å². The molecule has 0 radical (unpaired) electrons. The van der Waals surface area contributed by atoms with E-state index in [4.69, 9.17) is 0 Å². The Hall–Kier alpha value is -1.51. The number of rotatable bonds is 7. The lowest BCUT2D eigenvalue weighted by Crippen LogP contribution is -2.27. The van der Waals surface area contributed by atoms with Crippen LogP contribution in [0, 0.1) is 0 Å². The normalized spacial score (nSPS) is 11.9. The Balaban J connectivity index is 2.47. The zero-order chi connectivity index (χ0) is 13.4. The summed E-state index contributed by atoms with van der Waals surface area (Å²) < 4.78 is 4.67. The van der Waals surface area contributed by atoms with Crippen molar-refractivity contribution in [1.29, 1.82) is 0 Å². The molecule has 0 bridgehead atoms. The van der Waals surface area contributed by atoms with Crippen LogP contribution >= 0.6 is 0 Å². The van der Waals surface area contributed by atoms with Gasteiger partial charge in [-0.1, -0.05) is 31.9 Å². The molecule has 0 aliphatic carbocycles. The number of hydrogen-bond acceptors (Lipinski definition) is 3. The van der Waals surface area contributed by atoms with Gasteiger partial charge in [0.05, 0.1) is 7.11 Å². The Bertz CT molecular complexity index is 359. The summed E-state index contributed by atoms with van der Waals surface area (Å²) in [4.78, 5) is 11.3. The topological polar surface area (TPSA) is 38.3 Å². The maximum absolute atomic E-state index is 11.3. The number of ether oxygens (including phenoxy) is 1. The number of methoxy groups -OCH3 is 1. The number of aryl methyl sites for hydroxylation is 1. The van der Waals surface area contributed by atoms with E-state index in [-0.39, 0.29) is 12.0 Å². The number of carbonyl (C=O) groups is 1. The van der Waals surface area contributed by atoms with Crippen LogP contribution in [0.2, 0.25) is 0 Å². The van der Waals surface area contributed by atoms with Crippen molar-refractivity contribution < 1.29 is 9.53 Å². The summed E-state index contributed by atoms with van der Waals surface area (Å²) in [5, 5.41) is 3.11. The van der Waals surface area contributed by atoms with Crippen LogP contribution in [-0.4, -0.2) is 19.1 Å². The van der Waals surface area contributed by atoms with E-state index in [1.54, 1.807) is 6.92 Å². The van der Waals surface area contributed by atoms with E-state index in [1.165, 1.54) is 31.9 Å². The molecular weight excluding hydrogens is 226 g/mol. The van der Waals surface area contributed by atoms with Crippen LogP contribution in [0.5, 0.6) is 0 Å². The molecule has 0 aromatic heterocycles. The number of anilines is 1. The van der Waals surface area contributed by atoms with Gasteiger partial charge >= 0.3 is 5.97 Å². The largest absolute Gasteiger partial charge is 0.467 e. The van der Waals surface area contributed by atoms with Crippen LogP contribution in [0.15, 0.2) is 24.3 Å². The van der Waals surface area contributed by atoms with Gasteiger partial charge in [0.15, 0.2) is 0 Å². The summed E-state index contributed by atoms with van der Waals surface area (Å²) in [6, 6.07) is 7.94. The zero-order valence-corrected chi connectivity index (χ0v) is 11.5. The fourth-order valence-corrected chi connectivity index (χ4v) is 1.83. The lowest BCUT2D eigenvalue weighted by atomic mass is 10.1. The number of hydrogen-bond donors (Lipinski definition) is 1. The summed E-state index contributed by atoms with van der Waals surface area (Å²) in [5.41, 5.74) is 2.30. The summed E-state index contributed by atoms with van der Waals surface area (Å²) in [7, 11) is 1.40. The van der Waals surface area contributed by atoms with Crippen molar-refractivity contribution in [3.8, 4) is 0 Å². The van der Waals surface area contributed by atoms with Gasteiger partial charge in [-0.25, -0.2) is 4.79 Å². The first kappa shape index (κ1) is 14.6. The predicted octanol–water partition coefficient (Wildman–Crippen LogP) is 3.39. The third kappa shape index (κ3) is 4.78. The van der Waals surface area contributed by atoms with Crippen molar-refractivity contribution in [2.45, 2.75) is 45.6 Å². The SMILES string of the molecule is CCCCCc1ccc(NC(C)C(=O)OC)cc1. The van der Waals surface area contributed by atoms with E-state index in [0.717, 1.165) is 12.1 Å². The van der Waals surface area contributed by atoms with Crippen LogP contribution < -0.4 is 5.32 Å². The highest BCUT2D eigenvalue weighted by Crippen LogP contribution is 2.13. The molecule has 18 heavy (non-hydrogen) atoms. The molecule has 0 aliphatic heterocycles. The minimum Gasteiger partial charge on any atom is -0.467 e. The second-order valence-electron chi connectivity index (χ2n) is 4.54. The van der Waals surface area contributed by atoms with Gasteiger partial charge in [-0.15, -0.1) is 0 Å². The molecule has 3 heteroatoms. The first-order chi connectivity index (χ1) is 8.67. The molecule has 1 rings (SSSR count). The van der Waals surface area contributed by atoms with Crippen molar-refractivity contribution in [3.05, 3.63) is 29.8 Å². The zero-order valence-electron chi connectivity index (χ0n) is 11.5. The summed E-state index contributed by atoms with van der Waals surface area (Å²) >= 11 is 0. The highest BCUT2D eigenvalue weighted by Gasteiger charge is 2.11. The minimum atomic E-state index is -0.319. The third-order valence-electron chi connectivity index (χ3n) is 2.96. The average Bonchev–Trinajstić information content (AvgIpc) is 2.40. The Morgan fingerprint density at radius 3 is 2.50 bits per heavy atom. The van der Waals surface area contributed by atoms with Gasteiger partial charge in [-0.3, -0.25) is 0 Å². The van der Waals surface area contributed by atoms with Gasteiger partial charge in [0.1, 0.15) is 6.04 Å². The molecule has 0 aliphatic rings. The number of carbonyl (C=O) groups excluding carboxylic acids is 1. The Morgan fingerprint density at radius 2 is 1.94 bits per heavy atom. The highest BCUT2D eigenvalue weighted by atomic mass is 16.5. The van der Waals surface area contributed by atoms with Crippen molar-refractivity contribution in [1.82, 2.24) is 0 Å². The maximum Gasteiger partial charge on any atom is 0.327 e. The first-order valence-electron chi connectivity index (χ1n) is 6.60. The first-order valence-corrected chi connectivity index (χ1v) is 6.60. The second kappa shape index (κ2) is 7.75. The molecule has 0 fully saturated rings. The predicted molar refractivity (Wildman–Crippen MR) is 74.8 cm³/mol. The fourth-order valence-electron chi connectivity index (χ4n) is 1.83. The lowest BCUT2D eigenvalue weighted by molar-refractivity contribution is -0.141. The van der Waals surface area contributed by atoms with Crippen molar-refractivity contribution in [3.63, 3.8) is 0 Å². The standard InChI is InChI=1S/C15H23NO2/c1-4-5-6-7-13-8-10-14(11-9-13)16-12(2)15(17)18-3/h8-12,16H,4-7H2,1-3H3. The van der Waals surface area contributed by atoms with Crippen LogP contribution in [0.3, 0.4) is 0 Å². The van der Waals surface area contributed by atoms with Gasteiger partial charge < -0.3 is 10.1 Å². The van der Waals surface area contributed by atoms with Crippen molar-refractivity contribution >= 4 is 11.7 Å². The molecular formula is C15H23NO2. The molecule has 1 aromatic rings. The number of nitrogens with one attached hydrogen (secondary N) is 1. The maximum atomic E-state index is 11.3. The van der Waals surface area contributed by atoms with Gasteiger partial charge in [-0.05, 0) is 37.5 Å². The van der Waals surface area contributed by atoms with E-state index in [1.807, 2.05) is 12.1 Å². The third-order valence-corrected chi connectivity index (χ3v) is 2.96. The summed E-state index contributed by atoms with van der Waals surface area (Å²) in [6.45, 7) is 4.00. The molecule has 1 unspecified atom stereocenters. The number of benzene rings is 1. The molecule has 1 atom stereocenters. The fraction of sp³-hybridized carbons (Fsp3) is 0.533. The average molecular weight is 249 g/mol. The molecule has 0 amide bonds. The number of esters is 1.